The van der Waals surface area contributed by atoms with Gasteiger partial charge in [0.25, 0.3) is 0 Å². The molecule has 0 spiro atoms. The fourth-order valence-electron chi connectivity index (χ4n) is 2.78. The number of nitriles is 1. The Morgan fingerprint density at radius 2 is 1.66 bits per heavy atom. The molecule has 9 heteroatoms. The van der Waals surface area contributed by atoms with Crippen LogP contribution in [0.1, 0.15) is 11.1 Å². The lowest BCUT2D eigenvalue weighted by molar-refractivity contribution is 0.284. The molecule has 32 heavy (non-hydrogen) atoms. The minimum atomic E-state index is -4.01. The third-order valence-corrected chi connectivity index (χ3v) is 7.08. The molecule has 0 N–H and O–H groups in total. The lowest BCUT2D eigenvalue weighted by Crippen LogP contribution is -2.03. The van der Waals surface area contributed by atoms with Gasteiger partial charge in [0.1, 0.15) is 17.6 Å². The number of sulfone groups is 1. The number of benzene rings is 3. The van der Waals surface area contributed by atoms with Crippen molar-refractivity contribution in [2.45, 2.75) is 11.5 Å². The van der Waals surface area contributed by atoms with E-state index in [0.29, 0.717) is 37.7 Å². The van der Waals surface area contributed by atoms with Gasteiger partial charge in [-0.2, -0.15) is 5.26 Å². The maximum atomic E-state index is 12.8. The van der Waals surface area contributed by atoms with E-state index in [1.807, 2.05) is 0 Å². The number of allylic oxidation sites excluding steroid dienone is 1. The first-order valence-electron chi connectivity index (χ1n) is 9.12. The molecule has 0 radical (unpaired) electrons. The summed E-state index contributed by atoms with van der Waals surface area (Å²) in [6, 6.07) is 17.3. The first-order chi connectivity index (χ1) is 15.3. The predicted molar refractivity (Wildman–Crippen MR) is 126 cm³/mol. The molecule has 0 amide bonds. The van der Waals surface area contributed by atoms with Crippen LogP contribution < -0.4 is 9.47 Å². The number of halogens is 3. The van der Waals surface area contributed by atoms with Gasteiger partial charge in [0.05, 0.1) is 12.0 Å². The number of nitrogens with zero attached hydrogens (tertiary/aromatic N) is 1. The molecule has 0 aromatic heterocycles. The SMILES string of the molecule is COc1cc(C=C(C#N)S(=O)(=O)c2ccc(Cl)cc2)ccc1OCc1c(Cl)cccc1Cl. The maximum absolute atomic E-state index is 12.8. The summed E-state index contributed by atoms with van der Waals surface area (Å²) in [4.78, 5) is -0.448. The van der Waals surface area contributed by atoms with Crippen molar-refractivity contribution in [2.75, 3.05) is 7.11 Å². The Hall–Kier alpha value is -2.69. The molecular weight excluding hydrogens is 493 g/mol. The number of ether oxygens (including phenoxy) is 2. The zero-order chi connectivity index (χ0) is 23.3. The summed E-state index contributed by atoms with van der Waals surface area (Å²) in [6.45, 7) is 0.110. The molecule has 0 fully saturated rings. The molecule has 0 atom stereocenters. The van der Waals surface area contributed by atoms with E-state index in [9.17, 15) is 13.7 Å². The lowest BCUT2D eigenvalue weighted by Gasteiger charge is -2.13. The monoisotopic (exact) mass is 507 g/mol. The van der Waals surface area contributed by atoms with Gasteiger partial charge in [0.2, 0.25) is 9.84 Å². The quantitative estimate of drug-likeness (QED) is 0.337. The molecule has 0 saturated carbocycles. The second-order valence-corrected chi connectivity index (χ2v) is 9.65. The molecule has 0 aliphatic heterocycles. The first kappa shape index (κ1) is 24.0. The molecule has 0 aliphatic carbocycles. The molecule has 0 saturated heterocycles. The van der Waals surface area contributed by atoms with Gasteiger partial charge >= 0.3 is 0 Å². The van der Waals surface area contributed by atoms with Crippen LogP contribution in [0.25, 0.3) is 6.08 Å². The minimum absolute atomic E-state index is 0.0294. The fraction of sp³-hybridized carbons (Fsp3) is 0.0870. The molecule has 3 aromatic carbocycles. The zero-order valence-corrected chi connectivity index (χ0v) is 19.8. The van der Waals surface area contributed by atoms with E-state index in [2.05, 4.69) is 0 Å². The highest BCUT2D eigenvalue weighted by Gasteiger charge is 2.21. The van der Waals surface area contributed by atoms with Crippen LogP contribution in [0.5, 0.6) is 11.5 Å². The number of methoxy groups -OCH3 is 1. The number of hydrogen-bond donors (Lipinski definition) is 0. The Kier molecular flexibility index (Phi) is 7.70. The Labute approximate surface area is 201 Å². The van der Waals surface area contributed by atoms with Crippen molar-refractivity contribution in [1.82, 2.24) is 0 Å². The molecule has 0 aliphatic rings. The Morgan fingerprint density at radius 3 is 2.25 bits per heavy atom. The van der Waals surface area contributed by atoms with Crippen LogP contribution in [-0.2, 0) is 16.4 Å². The molecule has 0 heterocycles. The average Bonchev–Trinajstić information content (AvgIpc) is 2.77. The Morgan fingerprint density at radius 1 is 1.00 bits per heavy atom. The zero-order valence-electron chi connectivity index (χ0n) is 16.7. The van der Waals surface area contributed by atoms with Gasteiger partial charge in [0, 0.05) is 20.6 Å². The van der Waals surface area contributed by atoms with Crippen LogP contribution >= 0.6 is 34.8 Å². The predicted octanol–water partition coefficient (Wildman–Crippen LogP) is 6.57. The molecule has 3 rings (SSSR count). The number of rotatable bonds is 7. The van der Waals surface area contributed by atoms with Gasteiger partial charge in [-0.1, -0.05) is 46.9 Å². The molecule has 3 aromatic rings. The highest BCUT2D eigenvalue weighted by molar-refractivity contribution is 7.95. The second kappa shape index (κ2) is 10.3. The van der Waals surface area contributed by atoms with E-state index in [-0.39, 0.29) is 11.5 Å². The topological polar surface area (TPSA) is 76.4 Å². The van der Waals surface area contributed by atoms with Gasteiger partial charge in [0.15, 0.2) is 11.5 Å². The third kappa shape index (κ3) is 5.37. The Balaban J connectivity index is 1.89. The average molecular weight is 509 g/mol. The van der Waals surface area contributed by atoms with Crippen molar-refractivity contribution >= 4 is 50.7 Å². The van der Waals surface area contributed by atoms with E-state index >= 15 is 0 Å². The van der Waals surface area contributed by atoms with Crippen molar-refractivity contribution in [2.24, 2.45) is 0 Å². The molecule has 5 nitrogen and oxygen atoms in total. The van der Waals surface area contributed by atoms with Crippen LogP contribution in [-0.4, -0.2) is 15.5 Å². The van der Waals surface area contributed by atoms with Gasteiger partial charge in [-0.05, 0) is 60.2 Å². The van der Waals surface area contributed by atoms with Crippen molar-refractivity contribution in [1.29, 1.82) is 5.26 Å². The molecular formula is C23H16Cl3NO4S. The minimum Gasteiger partial charge on any atom is -0.493 e. The molecule has 0 unspecified atom stereocenters. The van der Waals surface area contributed by atoms with Crippen LogP contribution in [0, 0.1) is 11.3 Å². The maximum Gasteiger partial charge on any atom is 0.216 e. The Bertz CT molecular complexity index is 1290. The van der Waals surface area contributed by atoms with E-state index in [0.717, 1.165) is 0 Å². The van der Waals surface area contributed by atoms with Gasteiger partial charge in [-0.3, -0.25) is 0 Å². The van der Waals surface area contributed by atoms with Gasteiger partial charge < -0.3 is 9.47 Å². The second-order valence-electron chi connectivity index (χ2n) is 6.48. The van der Waals surface area contributed by atoms with Crippen LogP contribution in [0.3, 0.4) is 0 Å². The van der Waals surface area contributed by atoms with Crippen molar-refractivity contribution in [3.63, 3.8) is 0 Å². The largest absolute Gasteiger partial charge is 0.493 e. The molecule has 164 valence electrons. The van der Waals surface area contributed by atoms with Gasteiger partial charge in [-0.15, -0.1) is 0 Å². The van der Waals surface area contributed by atoms with Crippen molar-refractivity contribution in [3.8, 4) is 17.6 Å². The summed E-state index contributed by atoms with van der Waals surface area (Å²) in [5.74, 6) is 0.753. The van der Waals surface area contributed by atoms with E-state index in [1.165, 1.54) is 37.5 Å². The number of hydrogen-bond acceptors (Lipinski definition) is 5. The molecule has 0 bridgehead atoms. The van der Waals surface area contributed by atoms with Crippen LogP contribution in [0.2, 0.25) is 15.1 Å². The summed E-state index contributed by atoms with van der Waals surface area (Å²) >= 11 is 18.2. The third-order valence-electron chi connectivity index (χ3n) is 4.44. The van der Waals surface area contributed by atoms with E-state index < -0.39 is 14.7 Å². The normalized spacial score (nSPS) is 11.7. The summed E-state index contributed by atoms with van der Waals surface area (Å²) < 4.78 is 36.8. The lowest BCUT2D eigenvalue weighted by atomic mass is 10.2. The standard InChI is InChI=1S/C23H16Cl3NO4S/c1-30-23-12-15(5-10-22(23)31-14-19-20(25)3-2-4-21(19)26)11-18(13-27)32(28,29)17-8-6-16(24)7-9-17/h2-12H,14H2,1H3. The smallest absolute Gasteiger partial charge is 0.216 e. The summed E-state index contributed by atoms with van der Waals surface area (Å²) in [5, 5.41) is 10.8. The fourth-order valence-corrected chi connectivity index (χ4v) is 4.57. The van der Waals surface area contributed by atoms with E-state index in [4.69, 9.17) is 44.3 Å². The highest BCUT2D eigenvalue weighted by Crippen LogP contribution is 2.32. The van der Waals surface area contributed by atoms with Crippen molar-refractivity contribution < 1.29 is 17.9 Å². The highest BCUT2D eigenvalue weighted by atomic mass is 35.5. The summed E-state index contributed by atoms with van der Waals surface area (Å²) in [5.41, 5.74) is 1.07. The first-order valence-corrected chi connectivity index (χ1v) is 11.7. The van der Waals surface area contributed by atoms with Crippen LogP contribution in [0.4, 0.5) is 0 Å². The van der Waals surface area contributed by atoms with E-state index in [1.54, 1.807) is 42.5 Å². The summed E-state index contributed by atoms with van der Waals surface area (Å²) in [6.07, 6.45) is 1.27. The van der Waals surface area contributed by atoms with Gasteiger partial charge in [-0.25, -0.2) is 8.42 Å². The van der Waals surface area contributed by atoms with Crippen LogP contribution in [0.15, 0.2) is 70.5 Å². The van der Waals surface area contributed by atoms with Crippen molar-refractivity contribution in [3.05, 3.63) is 91.8 Å². The summed E-state index contributed by atoms with van der Waals surface area (Å²) in [7, 11) is -2.56.